The molecule has 1 amide bonds. The van der Waals surface area contributed by atoms with E-state index in [0.29, 0.717) is 16.4 Å². The second kappa shape index (κ2) is 9.34. The van der Waals surface area contributed by atoms with Crippen molar-refractivity contribution in [2.24, 2.45) is 0 Å². The van der Waals surface area contributed by atoms with E-state index in [4.69, 9.17) is 0 Å². The van der Waals surface area contributed by atoms with Crippen molar-refractivity contribution in [2.45, 2.75) is 36.8 Å². The maximum absolute atomic E-state index is 14.6. The van der Waals surface area contributed by atoms with E-state index in [-0.39, 0.29) is 30.9 Å². The van der Waals surface area contributed by atoms with Crippen molar-refractivity contribution >= 4 is 45.8 Å². The van der Waals surface area contributed by atoms with Gasteiger partial charge in [-0.05, 0) is 65.8 Å². The van der Waals surface area contributed by atoms with Gasteiger partial charge in [0.1, 0.15) is 17.0 Å². The number of anilines is 2. The molecule has 1 saturated carbocycles. The molecule has 1 saturated heterocycles. The number of carbonyl (C=O) groups is 2. The molecule has 0 bridgehead atoms. The van der Waals surface area contributed by atoms with Gasteiger partial charge in [-0.25, -0.2) is 13.2 Å². The van der Waals surface area contributed by atoms with Crippen LogP contribution in [0.15, 0.2) is 30.3 Å². The number of nitrogens with one attached hydrogen (secondary N) is 2. The molecule has 182 valence electrons. The normalized spacial score (nSPS) is 18.4. The number of carboxylic acid groups (broad SMARTS) is 1. The Bertz CT molecular complexity index is 1130. The van der Waals surface area contributed by atoms with Gasteiger partial charge >= 0.3 is 5.97 Å². The van der Waals surface area contributed by atoms with Gasteiger partial charge in [-0.2, -0.15) is 0 Å². The molecule has 11 heteroatoms. The molecule has 34 heavy (non-hydrogen) atoms. The first-order valence-electron chi connectivity index (χ1n) is 10.7. The van der Waals surface area contributed by atoms with E-state index in [1.165, 1.54) is 17.0 Å². The Hall–Kier alpha value is -2.38. The standard InChI is InChI=1S/C23H23F3IN3O4/c24-15-5-4-14(19(18(15)26)29-17-6-3-13(27)9-16(17)25)20(31)30-11-22(34,12-30)10-28-23(21(32)33)7-1-2-8-23/h3-6,9,28-29,34H,1-2,7-8,10-12H2,(H,32,33). The fourth-order valence-corrected chi connectivity index (χ4v) is 4.90. The number of benzene rings is 2. The lowest BCUT2D eigenvalue weighted by molar-refractivity contribution is -0.146. The summed E-state index contributed by atoms with van der Waals surface area (Å²) >= 11 is 1.91. The Morgan fingerprint density at radius 1 is 1.06 bits per heavy atom. The fraction of sp³-hybridized carbons (Fsp3) is 0.391. The molecule has 4 N–H and O–H groups in total. The van der Waals surface area contributed by atoms with Gasteiger partial charge in [0, 0.05) is 10.1 Å². The van der Waals surface area contributed by atoms with Gasteiger partial charge in [0.15, 0.2) is 11.6 Å². The number of β-amino-alcohol motifs (C(OH)–C–C–N with tert-alkyl or cyclic N) is 1. The molecule has 1 heterocycles. The number of carboxylic acids is 1. The molecule has 2 fully saturated rings. The molecule has 0 atom stereocenters. The van der Waals surface area contributed by atoms with Crippen LogP contribution in [0.4, 0.5) is 24.5 Å². The molecule has 1 aliphatic heterocycles. The number of aliphatic carboxylic acids is 1. The van der Waals surface area contributed by atoms with Crippen LogP contribution < -0.4 is 10.6 Å². The molecule has 7 nitrogen and oxygen atoms in total. The van der Waals surface area contributed by atoms with Crippen LogP contribution in [0.3, 0.4) is 0 Å². The predicted molar refractivity (Wildman–Crippen MR) is 126 cm³/mol. The summed E-state index contributed by atoms with van der Waals surface area (Å²) in [5, 5.41) is 25.8. The number of halogens is 4. The third-order valence-electron chi connectivity index (χ3n) is 6.40. The van der Waals surface area contributed by atoms with E-state index in [9.17, 15) is 33.0 Å². The second-order valence-electron chi connectivity index (χ2n) is 8.87. The molecular weight excluding hydrogens is 566 g/mol. The molecule has 0 aromatic heterocycles. The van der Waals surface area contributed by atoms with Gasteiger partial charge in [0.05, 0.1) is 30.0 Å². The minimum Gasteiger partial charge on any atom is -0.480 e. The summed E-state index contributed by atoms with van der Waals surface area (Å²) in [6, 6.07) is 6.04. The second-order valence-corrected chi connectivity index (χ2v) is 10.1. The fourth-order valence-electron chi connectivity index (χ4n) is 4.45. The van der Waals surface area contributed by atoms with Gasteiger partial charge in [-0.1, -0.05) is 12.8 Å². The van der Waals surface area contributed by atoms with Crippen LogP contribution in [0, 0.1) is 21.0 Å². The van der Waals surface area contributed by atoms with Crippen molar-refractivity contribution in [1.82, 2.24) is 10.2 Å². The number of hydrogen-bond donors (Lipinski definition) is 4. The third-order valence-corrected chi connectivity index (χ3v) is 7.07. The molecular formula is C23H23F3IN3O4. The molecule has 2 aromatic carbocycles. The minimum atomic E-state index is -1.35. The quantitative estimate of drug-likeness (QED) is 0.369. The molecule has 0 radical (unpaired) electrons. The highest BCUT2D eigenvalue weighted by atomic mass is 127. The number of aliphatic hydroxyl groups is 1. The minimum absolute atomic E-state index is 0.0279. The summed E-state index contributed by atoms with van der Waals surface area (Å²) in [6.45, 7) is -0.268. The Balaban J connectivity index is 1.48. The van der Waals surface area contributed by atoms with E-state index in [1.54, 1.807) is 6.07 Å². The SMILES string of the molecule is O=C(c1ccc(F)c(F)c1Nc1ccc(I)cc1F)N1CC(O)(CNC2(C(=O)O)CCCC2)C1. The topological polar surface area (TPSA) is 102 Å². The number of likely N-dealkylation sites (tertiary alicyclic amines) is 1. The third kappa shape index (κ3) is 4.73. The van der Waals surface area contributed by atoms with Gasteiger partial charge in [0.25, 0.3) is 5.91 Å². The van der Waals surface area contributed by atoms with Crippen molar-refractivity contribution in [1.29, 1.82) is 0 Å². The van der Waals surface area contributed by atoms with Crippen molar-refractivity contribution < 1.29 is 33.0 Å². The van der Waals surface area contributed by atoms with Crippen LogP contribution in [-0.4, -0.2) is 57.8 Å². The maximum Gasteiger partial charge on any atom is 0.323 e. The van der Waals surface area contributed by atoms with Crippen molar-refractivity contribution in [3.63, 3.8) is 0 Å². The Morgan fingerprint density at radius 2 is 1.74 bits per heavy atom. The number of amides is 1. The summed E-state index contributed by atoms with van der Waals surface area (Å²) in [7, 11) is 0. The zero-order chi connectivity index (χ0) is 24.7. The Morgan fingerprint density at radius 3 is 2.35 bits per heavy atom. The lowest BCUT2D eigenvalue weighted by atomic mass is 9.90. The average Bonchev–Trinajstić information content (AvgIpc) is 3.25. The number of nitrogens with zero attached hydrogens (tertiary/aromatic N) is 1. The first-order valence-corrected chi connectivity index (χ1v) is 11.8. The van der Waals surface area contributed by atoms with Crippen molar-refractivity contribution in [2.75, 3.05) is 25.0 Å². The van der Waals surface area contributed by atoms with Crippen LogP contribution in [0.2, 0.25) is 0 Å². The smallest absolute Gasteiger partial charge is 0.323 e. The van der Waals surface area contributed by atoms with Crippen LogP contribution in [0.25, 0.3) is 0 Å². The largest absolute Gasteiger partial charge is 0.480 e. The summed E-state index contributed by atoms with van der Waals surface area (Å²) in [5.41, 5.74) is -3.29. The van der Waals surface area contributed by atoms with Gasteiger partial charge in [0.2, 0.25) is 0 Å². The lowest BCUT2D eigenvalue weighted by Gasteiger charge is -2.47. The Labute approximate surface area is 207 Å². The molecule has 0 unspecified atom stereocenters. The van der Waals surface area contributed by atoms with E-state index >= 15 is 0 Å². The van der Waals surface area contributed by atoms with Crippen LogP contribution in [-0.2, 0) is 4.79 Å². The number of rotatable bonds is 7. The molecule has 1 aliphatic carbocycles. The van der Waals surface area contributed by atoms with E-state index in [2.05, 4.69) is 10.6 Å². The highest BCUT2D eigenvalue weighted by Gasteiger charge is 2.48. The summed E-state index contributed by atoms with van der Waals surface area (Å²) in [6.07, 6.45) is 2.46. The lowest BCUT2D eigenvalue weighted by Crippen LogP contribution is -2.69. The predicted octanol–water partition coefficient (Wildman–Crippen LogP) is 3.63. The average molecular weight is 589 g/mol. The zero-order valence-electron chi connectivity index (χ0n) is 18.0. The van der Waals surface area contributed by atoms with Gasteiger partial charge in [-0.3, -0.25) is 14.9 Å². The molecule has 0 spiro atoms. The highest BCUT2D eigenvalue weighted by molar-refractivity contribution is 14.1. The van der Waals surface area contributed by atoms with Crippen molar-refractivity contribution in [3.05, 3.63) is 56.9 Å². The van der Waals surface area contributed by atoms with E-state index in [1.807, 2.05) is 22.6 Å². The van der Waals surface area contributed by atoms with Gasteiger partial charge in [-0.15, -0.1) is 0 Å². The molecule has 2 aliphatic rings. The van der Waals surface area contributed by atoms with E-state index < -0.39 is 46.2 Å². The van der Waals surface area contributed by atoms with Crippen LogP contribution >= 0.6 is 22.6 Å². The monoisotopic (exact) mass is 589 g/mol. The van der Waals surface area contributed by atoms with Gasteiger partial charge < -0.3 is 20.4 Å². The number of carbonyl (C=O) groups excluding carboxylic acids is 1. The van der Waals surface area contributed by atoms with Crippen molar-refractivity contribution in [3.8, 4) is 0 Å². The van der Waals surface area contributed by atoms with E-state index in [0.717, 1.165) is 25.0 Å². The first kappa shape index (κ1) is 24.7. The summed E-state index contributed by atoms with van der Waals surface area (Å²) < 4.78 is 43.4. The van der Waals surface area contributed by atoms with Crippen LogP contribution in [0.1, 0.15) is 36.0 Å². The summed E-state index contributed by atoms with van der Waals surface area (Å²) in [5.74, 6) is -4.87. The number of hydrogen-bond acceptors (Lipinski definition) is 5. The summed E-state index contributed by atoms with van der Waals surface area (Å²) in [4.78, 5) is 26.0. The Kier molecular flexibility index (Phi) is 6.80. The molecule has 4 rings (SSSR count). The molecule has 2 aromatic rings. The highest BCUT2D eigenvalue weighted by Crippen LogP contribution is 2.33. The maximum atomic E-state index is 14.6. The van der Waals surface area contributed by atoms with Crippen LogP contribution in [0.5, 0.6) is 0 Å². The zero-order valence-corrected chi connectivity index (χ0v) is 20.2. The first-order chi connectivity index (χ1) is 16.0.